The Morgan fingerprint density at radius 2 is 2.18 bits per heavy atom. The van der Waals surface area contributed by atoms with Crippen LogP contribution in [0.2, 0.25) is 0 Å². The van der Waals surface area contributed by atoms with Gasteiger partial charge < -0.3 is 19.3 Å². The maximum atomic E-state index is 11.9. The van der Waals surface area contributed by atoms with E-state index in [1.54, 1.807) is 24.3 Å². The number of hydrogen-bond acceptors (Lipinski definition) is 6. The molecule has 1 saturated heterocycles. The molecular formula is C15H17ClN2O4. The van der Waals surface area contributed by atoms with Crippen LogP contribution in [0.1, 0.15) is 23.4 Å². The number of benzene rings is 1. The molecule has 0 amide bonds. The fourth-order valence-corrected chi connectivity index (χ4v) is 2.15. The lowest BCUT2D eigenvalue weighted by Crippen LogP contribution is -2.28. The Hall–Kier alpha value is -2.05. The van der Waals surface area contributed by atoms with Crippen molar-refractivity contribution in [3.05, 3.63) is 42.2 Å². The minimum absolute atomic E-state index is 0. The second kappa shape index (κ2) is 7.82. The first-order chi connectivity index (χ1) is 10.3. The van der Waals surface area contributed by atoms with Gasteiger partial charge in [0, 0.05) is 6.04 Å². The summed E-state index contributed by atoms with van der Waals surface area (Å²) in [6.45, 7) is 1.53. The standard InChI is InChI=1S/C15H16N2O4.ClH/c18-15(20-12-6-2-1-3-7-12)13-9-14(17-21-13)19-10-11-5-4-8-16-11;/h1-3,6-7,9,11,16H,4-5,8,10H2;1H/t11-;/m0./s1. The predicted molar refractivity (Wildman–Crippen MR) is 81.7 cm³/mol. The first kappa shape index (κ1) is 16.3. The summed E-state index contributed by atoms with van der Waals surface area (Å²) in [6.07, 6.45) is 2.24. The molecule has 0 saturated carbocycles. The monoisotopic (exact) mass is 324 g/mol. The molecule has 0 radical (unpaired) electrons. The second-order valence-corrected chi connectivity index (χ2v) is 4.84. The minimum Gasteiger partial charge on any atom is -0.474 e. The van der Waals surface area contributed by atoms with Crippen LogP contribution in [0.4, 0.5) is 0 Å². The molecule has 1 atom stereocenters. The van der Waals surface area contributed by atoms with E-state index in [-0.39, 0.29) is 18.2 Å². The van der Waals surface area contributed by atoms with Crippen molar-refractivity contribution in [1.29, 1.82) is 0 Å². The summed E-state index contributed by atoms with van der Waals surface area (Å²) in [5.74, 6) is 0.177. The largest absolute Gasteiger partial charge is 0.474 e. The molecule has 0 spiro atoms. The van der Waals surface area contributed by atoms with Crippen molar-refractivity contribution in [3.63, 3.8) is 0 Å². The third-order valence-electron chi connectivity index (χ3n) is 3.24. The van der Waals surface area contributed by atoms with Gasteiger partial charge >= 0.3 is 5.97 Å². The van der Waals surface area contributed by atoms with Crippen molar-refractivity contribution in [3.8, 4) is 11.6 Å². The lowest BCUT2D eigenvalue weighted by Gasteiger charge is -2.08. The Morgan fingerprint density at radius 3 is 2.91 bits per heavy atom. The molecule has 2 aromatic rings. The molecule has 6 nitrogen and oxygen atoms in total. The molecule has 0 bridgehead atoms. The van der Waals surface area contributed by atoms with Crippen molar-refractivity contribution in [2.45, 2.75) is 18.9 Å². The average molecular weight is 325 g/mol. The number of nitrogens with one attached hydrogen (secondary N) is 1. The highest BCUT2D eigenvalue weighted by Crippen LogP contribution is 2.16. The SMILES string of the molecule is Cl.O=C(Oc1ccccc1)c1cc(OC[C@@H]2CCCN2)no1. The summed E-state index contributed by atoms with van der Waals surface area (Å²) >= 11 is 0. The van der Waals surface area contributed by atoms with Gasteiger partial charge in [-0.3, -0.25) is 0 Å². The molecular weight excluding hydrogens is 308 g/mol. The number of nitrogens with zero attached hydrogens (tertiary/aromatic N) is 1. The first-order valence-electron chi connectivity index (χ1n) is 6.91. The maximum absolute atomic E-state index is 11.9. The number of esters is 1. The quantitative estimate of drug-likeness (QED) is 0.672. The number of para-hydroxylation sites is 1. The number of halogens is 1. The van der Waals surface area contributed by atoms with Crippen LogP contribution in [-0.2, 0) is 0 Å². The molecule has 1 fully saturated rings. The van der Waals surface area contributed by atoms with E-state index in [4.69, 9.17) is 14.0 Å². The van der Waals surface area contributed by atoms with E-state index >= 15 is 0 Å². The van der Waals surface area contributed by atoms with Crippen LogP contribution in [0.3, 0.4) is 0 Å². The molecule has 1 N–H and O–H groups in total. The van der Waals surface area contributed by atoms with E-state index in [1.807, 2.05) is 6.07 Å². The zero-order valence-electron chi connectivity index (χ0n) is 11.9. The highest BCUT2D eigenvalue weighted by atomic mass is 35.5. The molecule has 0 unspecified atom stereocenters. The van der Waals surface area contributed by atoms with Gasteiger partial charge in [-0.2, -0.15) is 0 Å². The number of carbonyl (C=O) groups is 1. The van der Waals surface area contributed by atoms with E-state index < -0.39 is 5.97 Å². The zero-order chi connectivity index (χ0) is 14.5. The Kier molecular flexibility index (Phi) is 5.80. The fraction of sp³-hybridized carbons (Fsp3) is 0.333. The first-order valence-corrected chi connectivity index (χ1v) is 6.91. The number of hydrogen-bond donors (Lipinski definition) is 1. The number of rotatable bonds is 5. The van der Waals surface area contributed by atoms with Gasteiger partial charge in [0.1, 0.15) is 12.4 Å². The van der Waals surface area contributed by atoms with Gasteiger partial charge in [0.25, 0.3) is 5.88 Å². The maximum Gasteiger partial charge on any atom is 0.382 e. The minimum atomic E-state index is -0.595. The van der Waals surface area contributed by atoms with Gasteiger partial charge in [0.05, 0.1) is 6.07 Å². The molecule has 2 heterocycles. The summed E-state index contributed by atoms with van der Waals surface area (Å²) in [6, 6.07) is 10.6. The van der Waals surface area contributed by atoms with E-state index in [2.05, 4.69) is 10.5 Å². The molecule has 118 valence electrons. The third-order valence-corrected chi connectivity index (χ3v) is 3.24. The van der Waals surface area contributed by atoms with Gasteiger partial charge in [0.15, 0.2) is 0 Å². The molecule has 3 rings (SSSR count). The normalized spacial score (nSPS) is 16.8. The zero-order valence-corrected chi connectivity index (χ0v) is 12.7. The van der Waals surface area contributed by atoms with Gasteiger partial charge in [-0.25, -0.2) is 4.79 Å². The van der Waals surface area contributed by atoms with E-state index in [0.717, 1.165) is 19.4 Å². The van der Waals surface area contributed by atoms with E-state index in [9.17, 15) is 4.79 Å². The van der Waals surface area contributed by atoms with Gasteiger partial charge in [-0.1, -0.05) is 18.2 Å². The fourth-order valence-electron chi connectivity index (χ4n) is 2.15. The molecule has 22 heavy (non-hydrogen) atoms. The second-order valence-electron chi connectivity index (χ2n) is 4.84. The van der Waals surface area contributed by atoms with Crippen molar-refractivity contribution in [2.75, 3.05) is 13.2 Å². The van der Waals surface area contributed by atoms with Crippen LogP contribution in [-0.4, -0.2) is 30.3 Å². The lowest BCUT2D eigenvalue weighted by atomic mass is 10.2. The van der Waals surface area contributed by atoms with Crippen molar-refractivity contribution in [2.24, 2.45) is 0 Å². The van der Waals surface area contributed by atoms with Crippen LogP contribution in [0.25, 0.3) is 0 Å². The molecule has 7 heteroatoms. The summed E-state index contributed by atoms with van der Waals surface area (Å²) in [7, 11) is 0. The third kappa shape index (κ3) is 4.22. The number of aromatic nitrogens is 1. The van der Waals surface area contributed by atoms with Gasteiger partial charge in [-0.05, 0) is 36.7 Å². The Balaban J connectivity index is 0.00000176. The topological polar surface area (TPSA) is 73.6 Å². The highest BCUT2D eigenvalue weighted by molar-refractivity contribution is 5.88. The Labute approximate surface area is 134 Å². The molecule has 1 aliphatic rings. The smallest absolute Gasteiger partial charge is 0.382 e. The summed E-state index contributed by atoms with van der Waals surface area (Å²) < 4.78 is 15.6. The van der Waals surface area contributed by atoms with Crippen LogP contribution in [0, 0.1) is 0 Å². The van der Waals surface area contributed by atoms with Crippen molar-refractivity contribution < 1.29 is 18.8 Å². The summed E-state index contributed by atoms with van der Waals surface area (Å²) in [4.78, 5) is 11.9. The highest BCUT2D eigenvalue weighted by Gasteiger charge is 2.18. The van der Waals surface area contributed by atoms with E-state index in [0.29, 0.717) is 24.3 Å². The van der Waals surface area contributed by atoms with Crippen LogP contribution in [0.5, 0.6) is 11.6 Å². The van der Waals surface area contributed by atoms with Crippen LogP contribution in [0.15, 0.2) is 40.9 Å². The van der Waals surface area contributed by atoms with Crippen molar-refractivity contribution >= 4 is 18.4 Å². The Morgan fingerprint density at radius 1 is 1.36 bits per heavy atom. The number of ether oxygens (including phenoxy) is 2. The van der Waals surface area contributed by atoms with E-state index in [1.165, 1.54) is 6.07 Å². The van der Waals surface area contributed by atoms with Crippen LogP contribution >= 0.6 is 12.4 Å². The Bertz CT molecular complexity index is 597. The van der Waals surface area contributed by atoms with Gasteiger partial charge in [0.2, 0.25) is 5.76 Å². The van der Waals surface area contributed by atoms with Crippen molar-refractivity contribution in [1.82, 2.24) is 10.5 Å². The number of carbonyl (C=O) groups excluding carboxylic acids is 1. The van der Waals surface area contributed by atoms with Crippen LogP contribution < -0.4 is 14.8 Å². The predicted octanol–water partition coefficient (Wildman–Crippen LogP) is 2.45. The average Bonchev–Trinajstić information content (AvgIpc) is 3.18. The molecule has 0 aliphatic carbocycles. The summed E-state index contributed by atoms with van der Waals surface area (Å²) in [5, 5.41) is 7.03. The lowest BCUT2D eigenvalue weighted by molar-refractivity contribution is 0.0690. The molecule has 1 aliphatic heterocycles. The van der Waals surface area contributed by atoms with Gasteiger partial charge in [-0.15, -0.1) is 12.4 Å². The summed E-state index contributed by atoms with van der Waals surface area (Å²) in [5.41, 5.74) is 0. The molecule has 1 aromatic carbocycles. The molecule has 1 aromatic heterocycles.